The van der Waals surface area contributed by atoms with E-state index in [1.807, 2.05) is 24.3 Å². The summed E-state index contributed by atoms with van der Waals surface area (Å²) in [7, 11) is 0. The number of hydrogen-bond acceptors (Lipinski definition) is 4. The minimum Gasteiger partial charge on any atom is -0.367 e. The number of para-hydroxylation sites is 1. The van der Waals surface area contributed by atoms with E-state index in [2.05, 4.69) is 65.6 Å². The highest BCUT2D eigenvalue weighted by Crippen LogP contribution is 2.22. The van der Waals surface area contributed by atoms with Gasteiger partial charge in [-0.15, -0.1) is 0 Å². The van der Waals surface area contributed by atoms with Crippen LogP contribution in [-0.2, 0) is 6.54 Å². The molecule has 0 unspecified atom stereocenters. The predicted molar refractivity (Wildman–Crippen MR) is 96.8 cm³/mol. The van der Waals surface area contributed by atoms with Crippen molar-refractivity contribution in [2.24, 2.45) is 0 Å². The van der Waals surface area contributed by atoms with Crippen molar-refractivity contribution in [3.8, 4) is 0 Å². The van der Waals surface area contributed by atoms with Crippen molar-refractivity contribution in [3.05, 3.63) is 59.7 Å². The van der Waals surface area contributed by atoms with Crippen LogP contribution in [0.15, 0.2) is 48.5 Å². The Balaban J connectivity index is 1.86. The SMILES string of the molecule is Cc1ccc(CNc2nc(NC(C)C)c3ccccc3n2)cc1. The molecule has 0 saturated carbocycles. The van der Waals surface area contributed by atoms with Gasteiger partial charge in [-0.3, -0.25) is 0 Å². The quantitative estimate of drug-likeness (QED) is 0.735. The molecule has 0 saturated heterocycles. The van der Waals surface area contributed by atoms with Gasteiger partial charge in [0.05, 0.1) is 5.52 Å². The van der Waals surface area contributed by atoms with Crippen molar-refractivity contribution in [1.29, 1.82) is 0 Å². The molecule has 0 fully saturated rings. The van der Waals surface area contributed by atoms with Crippen LogP contribution in [-0.4, -0.2) is 16.0 Å². The molecular weight excluding hydrogens is 284 g/mol. The third kappa shape index (κ3) is 3.77. The average Bonchev–Trinajstić information content (AvgIpc) is 2.54. The maximum atomic E-state index is 4.64. The Kier molecular flexibility index (Phi) is 4.42. The van der Waals surface area contributed by atoms with Crippen LogP contribution in [0, 0.1) is 6.92 Å². The van der Waals surface area contributed by atoms with Crippen molar-refractivity contribution < 1.29 is 0 Å². The maximum absolute atomic E-state index is 4.64. The molecule has 0 aliphatic rings. The normalized spacial score (nSPS) is 11.0. The summed E-state index contributed by atoms with van der Waals surface area (Å²) < 4.78 is 0. The monoisotopic (exact) mass is 306 g/mol. The smallest absolute Gasteiger partial charge is 0.225 e. The minimum absolute atomic E-state index is 0.318. The average molecular weight is 306 g/mol. The summed E-state index contributed by atoms with van der Waals surface area (Å²) in [6.45, 7) is 7.01. The van der Waals surface area contributed by atoms with Gasteiger partial charge in [0.2, 0.25) is 5.95 Å². The van der Waals surface area contributed by atoms with Crippen LogP contribution in [0.25, 0.3) is 10.9 Å². The van der Waals surface area contributed by atoms with Gasteiger partial charge in [0.15, 0.2) is 0 Å². The molecule has 0 aliphatic heterocycles. The molecule has 0 radical (unpaired) electrons. The fraction of sp³-hybridized carbons (Fsp3) is 0.263. The second-order valence-electron chi connectivity index (χ2n) is 6.05. The van der Waals surface area contributed by atoms with Crippen molar-refractivity contribution in [3.63, 3.8) is 0 Å². The van der Waals surface area contributed by atoms with Gasteiger partial charge < -0.3 is 10.6 Å². The lowest BCUT2D eigenvalue weighted by Crippen LogP contribution is -2.13. The number of benzene rings is 2. The zero-order valence-electron chi connectivity index (χ0n) is 13.8. The molecule has 0 bridgehead atoms. The van der Waals surface area contributed by atoms with Crippen molar-refractivity contribution in [2.45, 2.75) is 33.4 Å². The maximum Gasteiger partial charge on any atom is 0.225 e. The van der Waals surface area contributed by atoms with E-state index in [-0.39, 0.29) is 0 Å². The molecular formula is C19H22N4. The molecule has 0 amide bonds. The van der Waals surface area contributed by atoms with Gasteiger partial charge in [0.25, 0.3) is 0 Å². The summed E-state index contributed by atoms with van der Waals surface area (Å²) in [4.78, 5) is 9.25. The minimum atomic E-state index is 0.318. The second kappa shape index (κ2) is 6.65. The number of aromatic nitrogens is 2. The van der Waals surface area contributed by atoms with Crippen LogP contribution >= 0.6 is 0 Å². The van der Waals surface area contributed by atoms with E-state index in [1.54, 1.807) is 0 Å². The first-order valence-corrected chi connectivity index (χ1v) is 7.94. The van der Waals surface area contributed by atoms with Crippen LogP contribution < -0.4 is 10.6 Å². The zero-order chi connectivity index (χ0) is 16.2. The first-order chi connectivity index (χ1) is 11.1. The first kappa shape index (κ1) is 15.3. The Morgan fingerprint density at radius 1 is 0.957 bits per heavy atom. The van der Waals surface area contributed by atoms with Crippen LogP contribution in [0.2, 0.25) is 0 Å². The zero-order valence-corrected chi connectivity index (χ0v) is 13.8. The van der Waals surface area contributed by atoms with E-state index < -0.39 is 0 Å². The van der Waals surface area contributed by atoms with E-state index in [4.69, 9.17) is 0 Å². The lowest BCUT2D eigenvalue weighted by atomic mass is 10.1. The fourth-order valence-electron chi connectivity index (χ4n) is 2.43. The molecule has 2 N–H and O–H groups in total. The molecule has 0 spiro atoms. The molecule has 4 nitrogen and oxygen atoms in total. The third-order valence-electron chi connectivity index (χ3n) is 3.60. The Morgan fingerprint density at radius 3 is 2.43 bits per heavy atom. The van der Waals surface area contributed by atoms with Gasteiger partial charge in [-0.2, -0.15) is 4.98 Å². The van der Waals surface area contributed by atoms with Crippen molar-refractivity contribution >= 4 is 22.7 Å². The topological polar surface area (TPSA) is 49.8 Å². The Bertz CT molecular complexity index is 794. The Hall–Kier alpha value is -2.62. The summed E-state index contributed by atoms with van der Waals surface area (Å²) in [5.41, 5.74) is 3.42. The number of fused-ring (bicyclic) bond motifs is 1. The van der Waals surface area contributed by atoms with Gasteiger partial charge in [-0.1, -0.05) is 42.0 Å². The van der Waals surface area contributed by atoms with Gasteiger partial charge >= 0.3 is 0 Å². The van der Waals surface area contributed by atoms with E-state index in [1.165, 1.54) is 11.1 Å². The lowest BCUT2D eigenvalue weighted by molar-refractivity contribution is 0.889. The highest BCUT2D eigenvalue weighted by atomic mass is 15.1. The molecule has 0 atom stereocenters. The van der Waals surface area contributed by atoms with Crippen LogP contribution in [0.1, 0.15) is 25.0 Å². The first-order valence-electron chi connectivity index (χ1n) is 7.94. The number of hydrogen-bond donors (Lipinski definition) is 2. The fourth-order valence-corrected chi connectivity index (χ4v) is 2.43. The second-order valence-corrected chi connectivity index (χ2v) is 6.05. The number of nitrogens with one attached hydrogen (secondary N) is 2. The van der Waals surface area contributed by atoms with E-state index >= 15 is 0 Å². The van der Waals surface area contributed by atoms with Crippen LogP contribution in [0.3, 0.4) is 0 Å². The summed E-state index contributed by atoms with van der Waals surface area (Å²) in [5, 5.41) is 7.77. The standard InChI is InChI=1S/C19H22N4/c1-13(2)21-18-16-6-4-5-7-17(16)22-19(23-18)20-12-15-10-8-14(3)9-11-15/h4-11,13H,12H2,1-3H3,(H2,20,21,22,23). The lowest BCUT2D eigenvalue weighted by Gasteiger charge is -2.14. The molecule has 118 valence electrons. The highest BCUT2D eigenvalue weighted by molar-refractivity contribution is 5.90. The summed E-state index contributed by atoms with van der Waals surface area (Å²) >= 11 is 0. The molecule has 0 aliphatic carbocycles. The van der Waals surface area contributed by atoms with Gasteiger partial charge in [-0.25, -0.2) is 4.98 Å². The van der Waals surface area contributed by atoms with Gasteiger partial charge in [0.1, 0.15) is 5.82 Å². The Labute approximate surface area is 137 Å². The molecule has 2 aromatic carbocycles. The van der Waals surface area contributed by atoms with Crippen LogP contribution in [0.4, 0.5) is 11.8 Å². The van der Waals surface area contributed by atoms with E-state index in [0.29, 0.717) is 18.5 Å². The molecule has 3 rings (SSSR count). The summed E-state index contributed by atoms with van der Waals surface area (Å²) in [6.07, 6.45) is 0. The summed E-state index contributed by atoms with van der Waals surface area (Å²) in [5.74, 6) is 1.52. The van der Waals surface area contributed by atoms with E-state index in [9.17, 15) is 0 Å². The molecule has 3 aromatic rings. The number of rotatable bonds is 5. The predicted octanol–water partition coefficient (Wildman–Crippen LogP) is 4.37. The molecule has 4 heteroatoms. The Morgan fingerprint density at radius 2 is 1.70 bits per heavy atom. The molecule has 1 heterocycles. The number of nitrogens with zero attached hydrogens (tertiary/aromatic N) is 2. The van der Waals surface area contributed by atoms with Gasteiger partial charge in [-0.05, 0) is 38.5 Å². The third-order valence-corrected chi connectivity index (χ3v) is 3.60. The number of anilines is 2. The highest BCUT2D eigenvalue weighted by Gasteiger charge is 2.08. The van der Waals surface area contributed by atoms with Gasteiger partial charge in [0, 0.05) is 18.0 Å². The largest absolute Gasteiger partial charge is 0.367 e. The van der Waals surface area contributed by atoms with Crippen molar-refractivity contribution in [2.75, 3.05) is 10.6 Å². The van der Waals surface area contributed by atoms with Crippen molar-refractivity contribution in [1.82, 2.24) is 9.97 Å². The van der Waals surface area contributed by atoms with E-state index in [0.717, 1.165) is 16.7 Å². The van der Waals surface area contributed by atoms with Crippen LogP contribution in [0.5, 0.6) is 0 Å². The molecule has 23 heavy (non-hydrogen) atoms. The number of aryl methyl sites for hydroxylation is 1. The summed E-state index contributed by atoms with van der Waals surface area (Å²) in [6, 6.07) is 16.9. The molecule has 1 aromatic heterocycles.